The third kappa shape index (κ3) is 3.82. The molecule has 9 heteroatoms. The van der Waals surface area contributed by atoms with E-state index in [-0.39, 0.29) is 11.7 Å². The maximum absolute atomic E-state index is 14.3. The number of hydrogen-bond acceptors (Lipinski definition) is 5. The molecule has 0 spiro atoms. The first-order valence-corrected chi connectivity index (χ1v) is 15.7. The van der Waals surface area contributed by atoms with Crippen LogP contribution in [-0.2, 0) is 13.6 Å². The van der Waals surface area contributed by atoms with E-state index in [0.717, 1.165) is 63.4 Å². The summed E-state index contributed by atoms with van der Waals surface area (Å²) in [5.74, 6) is 2.26. The van der Waals surface area contributed by atoms with Gasteiger partial charge in [0.2, 0.25) is 0 Å². The highest BCUT2D eigenvalue weighted by Crippen LogP contribution is 2.45. The van der Waals surface area contributed by atoms with Crippen molar-refractivity contribution in [1.82, 2.24) is 19.0 Å². The average molecular weight is 585 g/mol. The number of hydrogen-bond donors (Lipinski definition) is 1. The molecule has 2 aromatic carbocycles. The van der Waals surface area contributed by atoms with Gasteiger partial charge in [0, 0.05) is 42.7 Å². The van der Waals surface area contributed by atoms with Gasteiger partial charge in [0.05, 0.1) is 28.5 Å². The Morgan fingerprint density at radius 2 is 1.98 bits per heavy atom. The number of phenolic OH excluding ortho intramolecular Hbond substituents is 1. The van der Waals surface area contributed by atoms with Crippen molar-refractivity contribution in [2.45, 2.75) is 45.2 Å². The molecule has 2 bridgehead atoms. The lowest BCUT2D eigenvalue weighted by atomic mass is 10.0. The Morgan fingerprint density at radius 1 is 1.14 bits per heavy atom. The number of nitrogens with zero attached hydrogens (tertiary/aromatic N) is 4. The van der Waals surface area contributed by atoms with Crippen LogP contribution < -0.4 is 4.74 Å². The van der Waals surface area contributed by atoms with Crippen LogP contribution in [0.1, 0.15) is 43.0 Å². The van der Waals surface area contributed by atoms with E-state index in [1.54, 1.807) is 24.5 Å². The van der Waals surface area contributed by atoms with Crippen molar-refractivity contribution in [3.63, 3.8) is 0 Å². The minimum atomic E-state index is -0.628. The lowest BCUT2D eigenvalue weighted by Crippen LogP contribution is -2.38. The van der Waals surface area contributed by atoms with E-state index in [4.69, 9.17) is 9.72 Å². The molecule has 3 fully saturated rings. The summed E-state index contributed by atoms with van der Waals surface area (Å²) in [6.07, 6.45) is 4.66. The van der Waals surface area contributed by atoms with Gasteiger partial charge >= 0.3 is 0 Å². The number of benzene rings is 2. The second kappa shape index (κ2) is 9.33. The molecule has 0 radical (unpaired) electrons. The van der Waals surface area contributed by atoms with Crippen LogP contribution in [0.15, 0.2) is 41.8 Å². The van der Waals surface area contributed by atoms with Crippen LogP contribution in [0, 0.1) is 23.6 Å². The highest BCUT2D eigenvalue weighted by molar-refractivity contribution is 7.17. The second-order valence-corrected chi connectivity index (χ2v) is 13.3. The van der Waals surface area contributed by atoms with Gasteiger partial charge in [-0.1, -0.05) is 13.0 Å². The molecule has 0 unspecified atom stereocenters. The number of halogens is 1. The number of aromatic nitrogens is 3. The standard InChI is InChI=1S/C33H33FN4O3S/c1-17-20-6-8-25(17)38(15-20)33(40)21-11-24-31(28(12-21)41-3)36(2)32(35-24)26-13-29-30(37(26)14-18-4-5-18)22(16-42-29)19-7-9-27(39)23(34)10-19/h7,9-13,16-18,20,25,39H,4-6,8,14-15H2,1-3H3/t17-,20-,25-/m1/s1. The first kappa shape index (κ1) is 25.8. The molecule has 216 valence electrons. The maximum atomic E-state index is 14.3. The zero-order valence-corrected chi connectivity index (χ0v) is 24.7. The van der Waals surface area contributed by atoms with E-state index >= 15 is 0 Å². The number of aromatic hydroxyl groups is 1. The van der Waals surface area contributed by atoms with Crippen molar-refractivity contribution in [2.24, 2.45) is 24.8 Å². The Labute approximate surface area is 247 Å². The van der Waals surface area contributed by atoms with E-state index in [1.165, 1.54) is 31.4 Å². The number of aryl methyl sites for hydroxylation is 1. The summed E-state index contributed by atoms with van der Waals surface area (Å²) in [7, 11) is 3.64. The molecule has 3 aromatic heterocycles. The van der Waals surface area contributed by atoms with Crippen LogP contribution in [0.5, 0.6) is 11.5 Å². The number of imidazole rings is 1. The van der Waals surface area contributed by atoms with E-state index in [1.807, 2.05) is 19.2 Å². The molecule has 2 saturated carbocycles. The molecule has 3 atom stereocenters. The van der Waals surface area contributed by atoms with Gasteiger partial charge in [-0.3, -0.25) is 4.79 Å². The molecule has 1 N–H and O–H groups in total. The Hall–Kier alpha value is -3.85. The molecule has 1 aliphatic heterocycles. The molecular formula is C33H33FN4O3S. The number of piperidine rings is 1. The first-order chi connectivity index (χ1) is 20.3. The van der Waals surface area contributed by atoms with E-state index in [9.17, 15) is 14.3 Å². The molecule has 42 heavy (non-hydrogen) atoms. The summed E-state index contributed by atoms with van der Waals surface area (Å²) >= 11 is 1.63. The van der Waals surface area contributed by atoms with E-state index in [0.29, 0.717) is 35.1 Å². The highest BCUT2D eigenvalue weighted by atomic mass is 32.1. The zero-order chi connectivity index (χ0) is 28.9. The van der Waals surface area contributed by atoms with Crippen LogP contribution >= 0.6 is 11.3 Å². The number of phenols is 1. The van der Waals surface area contributed by atoms with Gasteiger partial charge in [-0.15, -0.1) is 11.3 Å². The third-order valence-electron chi connectivity index (χ3n) is 9.92. The largest absolute Gasteiger partial charge is 0.505 e. The Bertz CT molecular complexity index is 1900. The van der Waals surface area contributed by atoms with Gasteiger partial charge in [-0.2, -0.15) is 0 Å². The third-order valence-corrected chi connectivity index (χ3v) is 10.8. The number of methoxy groups -OCH3 is 1. The molecule has 8 rings (SSSR count). The fourth-order valence-corrected chi connectivity index (χ4v) is 8.41. The molecule has 2 aliphatic carbocycles. The number of rotatable bonds is 6. The first-order valence-electron chi connectivity index (χ1n) is 14.8. The zero-order valence-electron chi connectivity index (χ0n) is 23.9. The Balaban J connectivity index is 1.26. The van der Waals surface area contributed by atoms with Gasteiger partial charge in [0.1, 0.15) is 11.3 Å². The normalized spacial score (nSPS) is 21.7. The van der Waals surface area contributed by atoms with E-state index < -0.39 is 5.82 Å². The van der Waals surface area contributed by atoms with Crippen molar-refractivity contribution >= 4 is 38.5 Å². The minimum Gasteiger partial charge on any atom is -0.505 e. The number of amides is 1. The quantitative estimate of drug-likeness (QED) is 0.232. The summed E-state index contributed by atoms with van der Waals surface area (Å²) in [5, 5.41) is 11.8. The van der Waals surface area contributed by atoms with Crippen molar-refractivity contribution in [3.8, 4) is 34.1 Å². The molecular weight excluding hydrogens is 551 g/mol. The number of carbonyl (C=O) groups excluding carboxylic acids is 1. The van der Waals surface area contributed by atoms with Gasteiger partial charge in [0.25, 0.3) is 5.91 Å². The number of fused-ring (bicyclic) bond motifs is 4. The number of carbonyl (C=O) groups is 1. The monoisotopic (exact) mass is 584 g/mol. The van der Waals surface area contributed by atoms with Gasteiger partial charge in [-0.05, 0) is 79.3 Å². The van der Waals surface area contributed by atoms with Crippen LogP contribution in [0.2, 0.25) is 0 Å². The number of likely N-dealkylation sites (tertiary alicyclic amines) is 1. The molecule has 1 amide bonds. The summed E-state index contributed by atoms with van der Waals surface area (Å²) < 4.78 is 25.7. The number of thiophene rings is 1. The smallest absolute Gasteiger partial charge is 0.254 e. The Morgan fingerprint density at radius 3 is 2.67 bits per heavy atom. The second-order valence-electron chi connectivity index (χ2n) is 12.4. The van der Waals surface area contributed by atoms with Crippen LogP contribution in [0.4, 0.5) is 4.39 Å². The minimum absolute atomic E-state index is 0.0600. The summed E-state index contributed by atoms with van der Waals surface area (Å²) in [6.45, 7) is 3.95. The molecule has 1 saturated heterocycles. The molecule has 5 aromatic rings. The SMILES string of the molecule is COc1cc(C(=O)N2C[C@H]3CC[C@@H]2[C@@H]3C)cc2nc(-c3cc4scc(-c5ccc(O)c(F)c5)c4n3CC3CC3)n(C)c12. The predicted molar refractivity (Wildman–Crippen MR) is 163 cm³/mol. The van der Waals surface area contributed by atoms with Gasteiger partial charge in [-0.25, -0.2) is 9.37 Å². The van der Waals surface area contributed by atoms with Crippen molar-refractivity contribution in [2.75, 3.05) is 13.7 Å². The maximum Gasteiger partial charge on any atom is 0.254 e. The average Bonchev–Trinajstić information content (AvgIpc) is 3.23. The van der Waals surface area contributed by atoms with Crippen molar-refractivity contribution in [1.29, 1.82) is 0 Å². The summed E-state index contributed by atoms with van der Waals surface area (Å²) in [5.41, 5.74) is 5.93. The van der Waals surface area contributed by atoms with Crippen molar-refractivity contribution in [3.05, 3.63) is 53.2 Å². The summed E-state index contributed by atoms with van der Waals surface area (Å²) in [4.78, 5) is 20.9. The molecule has 7 nitrogen and oxygen atoms in total. The van der Waals surface area contributed by atoms with Gasteiger partial charge < -0.3 is 23.9 Å². The van der Waals surface area contributed by atoms with Crippen LogP contribution in [0.3, 0.4) is 0 Å². The predicted octanol–water partition coefficient (Wildman–Crippen LogP) is 7.06. The lowest BCUT2D eigenvalue weighted by Gasteiger charge is -2.27. The number of ether oxygens (including phenoxy) is 1. The molecule has 3 aliphatic rings. The van der Waals surface area contributed by atoms with Crippen LogP contribution in [0.25, 0.3) is 43.9 Å². The van der Waals surface area contributed by atoms with Crippen LogP contribution in [-0.4, -0.2) is 49.7 Å². The fourth-order valence-electron chi connectivity index (χ4n) is 7.41. The molecule has 4 heterocycles. The fraction of sp³-hybridized carbons (Fsp3) is 0.394. The van der Waals surface area contributed by atoms with Crippen molar-refractivity contribution < 1.29 is 19.0 Å². The topological polar surface area (TPSA) is 72.5 Å². The lowest BCUT2D eigenvalue weighted by molar-refractivity contribution is 0.0696. The Kier molecular flexibility index (Phi) is 5.74. The van der Waals surface area contributed by atoms with Gasteiger partial charge in [0.15, 0.2) is 17.4 Å². The van der Waals surface area contributed by atoms with E-state index in [2.05, 4.69) is 32.4 Å². The summed E-state index contributed by atoms with van der Waals surface area (Å²) in [6, 6.07) is 10.8. The highest BCUT2D eigenvalue weighted by Gasteiger charge is 2.46.